The Balaban J connectivity index is 2.54. The molecule has 0 bridgehead atoms. The molecule has 0 atom stereocenters. The number of aromatic nitrogens is 1. The van der Waals surface area contributed by atoms with E-state index in [9.17, 15) is 18.3 Å². The standard InChI is InChI=1S/C12H5ClF3I2NO/c13-7-3-6(12(14,15)16)4-19-10(7)5-1-8(17)11(20)9(18)2-5/h1-4,20H. The number of phenols is 1. The summed E-state index contributed by atoms with van der Waals surface area (Å²) in [5.74, 6) is 0.123. The van der Waals surface area contributed by atoms with Crippen molar-refractivity contribution < 1.29 is 18.3 Å². The minimum atomic E-state index is -4.48. The van der Waals surface area contributed by atoms with E-state index in [-0.39, 0.29) is 16.5 Å². The van der Waals surface area contributed by atoms with Crippen molar-refractivity contribution in [3.05, 3.63) is 42.1 Å². The van der Waals surface area contributed by atoms with Gasteiger partial charge in [0, 0.05) is 11.8 Å². The molecule has 0 fully saturated rings. The second-order valence-corrected chi connectivity index (χ2v) is 6.57. The smallest absolute Gasteiger partial charge is 0.417 e. The predicted octanol–water partition coefficient (Wildman–Crippen LogP) is 5.34. The highest BCUT2D eigenvalue weighted by atomic mass is 127. The molecule has 0 spiro atoms. The van der Waals surface area contributed by atoms with Crippen molar-refractivity contribution in [2.45, 2.75) is 6.18 Å². The van der Waals surface area contributed by atoms with Crippen LogP contribution in [0.4, 0.5) is 13.2 Å². The highest BCUT2D eigenvalue weighted by Crippen LogP contribution is 2.36. The highest BCUT2D eigenvalue weighted by Gasteiger charge is 2.31. The summed E-state index contributed by atoms with van der Waals surface area (Å²) in [6.45, 7) is 0. The fourth-order valence-electron chi connectivity index (χ4n) is 1.51. The van der Waals surface area contributed by atoms with E-state index in [0.717, 1.165) is 12.3 Å². The monoisotopic (exact) mass is 525 g/mol. The van der Waals surface area contributed by atoms with E-state index in [1.165, 1.54) is 0 Å². The number of rotatable bonds is 1. The van der Waals surface area contributed by atoms with Crippen molar-refractivity contribution in [3.8, 4) is 17.0 Å². The first-order chi connectivity index (χ1) is 9.20. The summed E-state index contributed by atoms with van der Waals surface area (Å²) in [6, 6.07) is 4.07. The molecule has 1 aromatic carbocycles. The molecule has 0 saturated heterocycles. The summed E-state index contributed by atoms with van der Waals surface area (Å²) in [5.41, 5.74) is -0.0970. The lowest BCUT2D eigenvalue weighted by Crippen LogP contribution is -2.05. The molecule has 0 saturated carbocycles. The van der Waals surface area contributed by atoms with Crippen molar-refractivity contribution in [1.82, 2.24) is 4.98 Å². The Hall–Kier alpha value is -0.290. The molecule has 2 aromatic rings. The fourth-order valence-corrected chi connectivity index (χ4v) is 3.55. The number of hydrogen-bond donors (Lipinski definition) is 1. The van der Waals surface area contributed by atoms with Crippen molar-refractivity contribution >= 4 is 56.8 Å². The number of benzene rings is 1. The second-order valence-electron chi connectivity index (χ2n) is 3.84. The first-order valence-electron chi connectivity index (χ1n) is 5.11. The molecule has 0 aliphatic rings. The maximum absolute atomic E-state index is 12.5. The largest absolute Gasteiger partial charge is 0.506 e. The summed E-state index contributed by atoms with van der Waals surface area (Å²) in [6.07, 6.45) is -3.74. The molecule has 0 amide bonds. The van der Waals surface area contributed by atoms with Crippen LogP contribution in [-0.2, 0) is 6.18 Å². The van der Waals surface area contributed by atoms with Crippen LogP contribution in [0.3, 0.4) is 0 Å². The molecule has 20 heavy (non-hydrogen) atoms. The number of aromatic hydroxyl groups is 1. The molecule has 0 radical (unpaired) electrons. The number of phenolic OH excluding ortho intramolecular Hbond substituents is 1. The van der Waals surface area contributed by atoms with Gasteiger partial charge in [0.05, 0.1) is 23.4 Å². The number of hydrogen-bond acceptors (Lipinski definition) is 2. The molecule has 1 aromatic heterocycles. The van der Waals surface area contributed by atoms with E-state index < -0.39 is 11.7 Å². The zero-order valence-corrected chi connectivity index (χ0v) is 14.5. The zero-order chi connectivity index (χ0) is 15.1. The Kier molecular flexibility index (Phi) is 4.69. The van der Waals surface area contributed by atoms with Gasteiger partial charge in [-0.25, -0.2) is 0 Å². The Bertz CT molecular complexity index is 653. The van der Waals surface area contributed by atoms with Gasteiger partial charge in [0.2, 0.25) is 0 Å². The van der Waals surface area contributed by atoms with Crippen LogP contribution >= 0.6 is 56.8 Å². The molecular weight excluding hydrogens is 520 g/mol. The minimum Gasteiger partial charge on any atom is -0.506 e. The Morgan fingerprint density at radius 1 is 1.10 bits per heavy atom. The van der Waals surface area contributed by atoms with Gasteiger partial charge in [-0.05, 0) is 63.4 Å². The molecule has 106 valence electrons. The maximum atomic E-state index is 12.5. The molecule has 1 N–H and O–H groups in total. The van der Waals surface area contributed by atoms with Crippen LogP contribution in [0.5, 0.6) is 5.75 Å². The number of pyridine rings is 1. The third kappa shape index (κ3) is 3.30. The SMILES string of the molecule is Oc1c(I)cc(-c2ncc(C(F)(F)F)cc2Cl)cc1I. The van der Waals surface area contributed by atoms with Crippen LogP contribution < -0.4 is 0 Å². The fraction of sp³-hybridized carbons (Fsp3) is 0.0833. The lowest BCUT2D eigenvalue weighted by atomic mass is 10.1. The van der Waals surface area contributed by atoms with Crippen LogP contribution in [-0.4, -0.2) is 10.1 Å². The summed E-state index contributed by atoms with van der Waals surface area (Å²) >= 11 is 9.74. The molecule has 0 aliphatic heterocycles. The zero-order valence-electron chi connectivity index (χ0n) is 9.47. The van der Waals surface area contributed by atoms with Gasteiger partial charge >= 0.3 is 6.18 Å². The number of nitrogens with zero attached hydrogens (tertiary/aromatic N) is 1. The average Bonchev–Trinajstić information content (AvgIpc) is 2.34. The third-order valence-electron chi connectivity index (χ3n) is 2.46. The van der Waals surface area contributed by atoms with Crippen LogP contribution in [0.1, 0.15) is 5.56 Å². The molecular formula is C12H5ClF3I2NO. The van der Waals surface area contributed by atoms with E-state index in [1.54, 1.807) is 12.1 Å². The number of halogens is 6. The topological polar surface area (TPSA) is 33.1 Å². The normalized spacial score (nSPS) is 11.7. The van der Waals surface area contributed by atoms with Crippen molar-refractivity contribution in [2.75, 3.05) is 0 Å². The molecule has 0 aliphatic carbocycles. The van der Waals surface area contributed by atoms with Gasteiger partial charge in [0.15, 0.2) is 0 Å². The van der Waals surface area contributed by atoms with E-state index in [1.807, 2.05) is 45.2 Å². The summed E-state index contributed by atoms with van der Waals surface area (Å²) in [5, 5.41) is 9.59. The third-order valence-corrected chi connectivity index (χ3v) is 4.39. The van der Waals surface area contributed by atoms with Gasteiger partial charge < -0.3 is 5.11 Å². The first-order valence-corrected chi connectivity index (χ1v) is 7.65. The predicted molar refractivity (Wildman–Crippen MR) is 86.8 cm³/mol. The summed E-state index contributed by atoms with van der Waals surface area (Å²) in [4.78, 5) is 3.79. The summed E-state index contributed by atoms with van der Waals surface area (Å²) in [7, 11) is 0. The van der Waals surface area contributed by atoms with Gasteiger partial charge in [0.1, 0.15) is 5.75 Å². The van der Waals surface area contributed by atoms with Gasteiger partial charge in [-0.15, -0.1) is 0 Å². The van der Waals surface area contributed by atoms with Gasteiger partial charge in [-0.1, -0.05) is 11.6 Å². The highest BCUT2D eigenvalue weighted by molar-refractivity contribution is 14.1. The molecule has 2 nitrogen and oxygen atoms in total. The lowest BCUT2D eigenvalue weighted by molar-refractivity contribution is -0.137. The number of alkyl halides is 3. The Morgan fingerprint density at radius 3 is 2.10 bits per heavy atom. The molecule has 8 heteroatoms. The van der Waals surface area contributed by atoms with Crippen molar-refractivity contribution in [2.24, 2.45) is 0 Å². The average molecular weight is 525 g/mol. The Morgan fingerprint density at radius 2 is 1.65 bits per heavy atom. The van der Waals surface area contributed by atoms with E-state index >= 15 is 0 Å². The Labute approximate surface area is 144 Å². The van der Waals surface area contributed by atoms with Crippen LogP contribution in [0.25, 0.3) is 11.3 Å². The van der Waals surface area contributed by atoms with Gasteiger partial charge in [-0.2, -0.15) is 13.2 Å². The van der Waals surface area contributed by atoms with E-state index in [0.29, 0.717) is 12.7 Å². The maximum Gasteiger partial charge on any atom is 0.417 e. The summed E-state index contributed by atoms with van der Waals surface area (Å²) < 4.78 is 38.8. The molecule has 1 heterocycles. The molecule has 0 unspecified atom stereocenters. The van der Waals surface area contributed by atoms with E-state index in [2.05, 4.69) is 4.98 Å². The minimum absolute atomic E-state index is 0.0860. The second kappa shape index (κ2) is 5.84. The molecule has 2 rings (SSSR count). The van der Waals surface area contributed by atoms with Crippen molar-refractivity contribution in [3.63, 3.8) is 0 Å². The van der Waals surface area contributed by atoms with Crippen LogP contribution in [0.2, 0.25) is 5.02 Å². The first kappa shape index (κ1) is 16.1. The van der Waals surface area contributed by atoms with Crippen molar-refractivity contribution in [1.29, 1.82) is 0 Å². The van der Waals surface area contributed by atoms with Gasteiger partial charge in [0.25, 0.3) is 0 Å². The van der Waals surface area contributed by atoms with Crippen LogP contribution in [0, 0.1) is 7.14 Å². The van der Waals surface area contributed by atoms with Gasteiger partial charge in [-0.3, -0.25) is 4.98 Å². The quantitative estimate of drug-likeness (QED) is 0.511. The lowest BCUT2D eigenvalue weighted by Gasteiger charge is -2.10. The van der Waals surface area contributed by atoms with E-state index in [4.69, 9.17) is 11.6 Å². The van der Waals surface area contributed by atoms with Crippen LogP contribution in [0.15, 0.2) is 24.4 Å².